The van der Waals surface area contributed by atoms with E-state index in [-0.39, 0.29) is 43.6 Å². The first-order valence-electron chi connectivity index (χ1n) is 4.82. The molecule has 0 saturated carbocycles. The zero-order valence-corrected chi connectivity index (χ0v) is 13.5. The summed E-state index contributed by atoms with van der Waals surface area (Å²) in [5.74, 6) is 0. The molecule has 1 saturated heterocycles. The van der Waals surface area contributed by atoms with Crippen LogP contribution in [0.15, 0.2) is 0 Å². The van der Waals surface area contributed by atoms with Crippen molar-refractivity contribution in [2.75, 3.05) is 6.54 Å². The Morgan fingerprint density at radius 2 is 1.93 bits per heavy atom. The normalized spacial score (nSPS) is 16.1. The summed E-state index contributed by atoms with van der Waals surface area (Å²) in [4.78, 5) is 13.2. The Morgan fingerprint density at radius 3 is 2.33 bits per heavy atom. The molecule has 0 N–H and O–H groups in total. The van der Waals surface area contributed by atoms with Gasteiger partial charge in [0.15, 0.2) is 0 Å². The molecule has 1 aliphatic rings. The molecule has 1 amide bonds. The summed E-state index contributed by atoms with van der Waals surface area (Å²) in [6.07, 6.45) is 3.03. The quantitative estimate of drug-likeness (QED) is 0.446. The fraction of sp³-hybridized carbons (Fsp3) is 0.800. The van der Waals surface area contributed by atoms with Gasteiger partial charge < -0.3 is 22.0 Å². The number of hydrogen-bond acceptors (Lipinski definition) is 2. The SMILES string of the molecule is CC(C)(C)OC(=O)N1[CH-]CCCC1.[Cl-].[Zn+2]. The second kappa shape index (κ2) is 7.46. The van der Waals surface area contributed by atoms with E-state index in [2.05, 4.69) is 0 Å². The first-order valence-corrected chi connectivity index (χ1v) is 4.82. The molecule has 5 heteroatoms. The summed E-state index contributed by atoms with van der Waals surface area (Å²) >= 11 is 0. The van der Waals surface area contributed by atoms with Crippen molar-refractivity contribution in [2.24, 2.45) is 0 Å². The number of hydrogen-bond donors (Lipinski definition) is 0. The van der Waals surface area contributed by atoms with E-state index in [1.807, 2.05) is 27.3 Å². The third kappa shape index (κ3) is 7.13. The summed E-state index contributed by atoms with van der Waals surface area (Å²) in [6.45, 7) is 8.38. The van der Waals surface area contributed by atoms with Gasteiger partial charge in [-0.15, -0.1) is 0 Å². The molecule has 0 aromatic heterocycles. The van der Waals surface area contributed by atoms with Gasteiger partial charge in [-0.05, 0) is 33.7 Å². The fourth-order valence-electron chi connectivity index (χ4n) is 1.25. The Morgan fingerprint density at radius 1 is 1.33 bits per heavy atom. The predicted octanol–water partition coefficient (Wildman–Crippen LogP) is -0.429. The van der Waals surface area contributed by atoms with Crippen molar-refractivity contribution >= 4 is 6.09 Å². The Kier molecular flexibility index (Phi) is 8.74. The van der Waals surface area contributed by atoms with Crippen LogP contribution < -0.4 is 12.4 Å². The minimum absolute atomic E-state index is 0. The number of halogens is 1. The van der Waals surface area contributed by atoms with Gasteiger partial charge in [0, 0.05) is 0 Å². The third-order valence-electron chi connectivity index (χ3n) is 1.83. The Hall–Kier alpha value is 0.183. The van der Waals surface area contributed by atoms with E-state index >= 15 is 0 Å². The maximum atomic E-state index is 11.5. The third-order valence-corrected chi connectivity index (χ3v) is 1.83. The largest absolute Gasteiger partial charge is 2.00 e. The molecule has 0 unspecified atom stereocenters. The van der Waals surface area contributed by atoms with Crippen LogP contribution in [-0.2, 0) is 24.2 Å². The number of ether oxygens (including phenoxy) is 1. The fourth-order valence-corrected chi connectivity index (χ4v) is 1.25. The number of amides is 1. The molecule has 15 heavy (non-hydrogen) atoms. The molecule has 1 heterocycles. The predicted molar refractivity (Wildman–Crippen MR) is 51.1 cm³/mol. The topological polar surface area (TPSA) is 29.5 Å². The summed E-state index contributed by atoms with van der Waals surface area (Å²) in [6, 6.07) is 0. The second-order valence-electron chi connectivity index (χ2n) is 4.35. The number of nitrogens with zero attached hydrogens (tertiary/aromatic N) is 1. The molecule has 0 bridgehead atoms. The number of rotatable bonds is 0. The van der Waals surface area contributed by atoms with Gasteiger partial charge in [0.1, 0.15) is 5.60 Å². The van der Waals surface area contributed by atoms with Crippen LogP contribution >= 0.6 is 0 Å². The van der Waals surface area contributed by atoms with Crippen LogP contribution in [0.4, 0.5) is 4.79 Å². The van der Waals surface area contributed by atoms with Crippen LogP contribution in [-0.4, -0.2) is 23.1 Å². The Labute approximate surface area is 111 Å². The van der Waals surface area contributed by atoms with Gasteiger partial charge in [-0.1, -0.05) is 6.42 Å². The number of carbonyl (C=O) groups is 1. The number of piperidine rings is 1. The first-order chi connectivity index (χ1) is 5.99. The van der Waals surface area contributed by atoms with E-state index in [0.29, 0.717) is 0 Å². The average Bonchev–Trinajstić information content (AvgIpc) is 2.03. The van der Waals surface area contributed by atoms with Crippen LogP contribution in [0.5, 0.6) is 0 Å². The van der Waals surface area contributed by atoms with Crippen LogP contribution in [0, 0.1) is 6.54 Å². The monoisotopic (exact) mass is 283 g/mol. The molecule has 0 radical (unpaired) electrons. The smallest absolute Gasteiger partial charge is 1.00 e. The van der Waals surface area contributed by atoms with Gasteiger partial charge >= 0.3 is 25.6 Å². The van der Waals surface area contributed by atoms with Crippen molar-refractivity contribution in [2.45, 2.75) is 45.6 Å². The zero-order chi connectivity index (χ0) is 9.90. The van der Waals surface area contributed by atoms with Crippen LogP contribution in [0.3, 0.4) is 0 Å². The summed E-state index contributed by atoms with van der Waals surface area (Å²) in [7, 11) is 0. The van der Waals surface area contributed by atoms with E-state index in [1.165, 1.54) is 6.42 Å². The molecule has 0 spiro atoms. The summed E-state index contributed by atoms with van der Waals surface area (Å²) in [5.41, 5.74) is -0.387. The molecular weight excluding hydrogens is 267 g/mol. The summed E-state index contributed by atoms with van der Waals surface area (Å²) < 4.78 is 5.23. The van der Waals surface area contributed by atoms with Crippen LogP contribution in [0.1, 0.15) is 40.0 Å². The van der Waals surface area contributed by atoms with E-state index in [0.717, 1.165) is 19.4 Å². The minimum atomic E-state index is -0.387. The standard InChI is InChI=1S/C10H18NO2.ClH.Zn/c1-10(2,3)13-9(12)11-7-5-4-6-8-11;;/h7H,4-6,8H2,1-3H3;1H;/q-1;;+2/p-1. The van der Waals surface area contributed by atoms with E-state index in [1.54, 1.807) is 4.90 Å². The molecule has 84 valence electrons. The maximum absolute atomic E-state index is 11.5. The molecule has 0 aliphatic carbocycles. The minimum Gasteiger partial charge on any atom is -1.00 e. The van der Waals surface area contributed by atoms with Gasteiger partial charge in [-0.25, -0.2) is 11.3 Å². The van der Waals surface area contributed by atoms with E-state index in [4.69, 9.17) is 4.74 Å². The van der Waals surface area contributed by atoms with E-state index in [9.17, 15) is 4.79 Å². The van der Waals surface area contributed by atoms with Gasteiger partial charge in [-0.3, -0.25) is 0 Å². The molecular formula is C10H18ClNO2Zn. The van der Waals surface area contributed by atoms with Gasteiger partial charge in [0.25, 0.3) is 0 Å². The van der Waals surface area contributed by atoms with Gasteiger partial charge in [-0.2, -0.15) is 6.42 Å². The first kappa shape index (κ1) is 17.6. The Bertz CT molecular complexity index is 188. The Balaban J connectivity index is 0. The molecule has 0 aromatic carbocycles. The maximum Gasteiger partial charge on any atom is 2.00 e. The molecule has 1 aliphatic heterocycles. The summed E-state index contributed by atoms with van der Waals surface area (Å²) in [5, 5.41) is 0. The molecule has 0 aromatic rings. The molecule has 3 nitrogen and oxygen atoms in total. The average molecular weight is 285 g/mol. The second-order valence-corrected chi connectivity index (χ2v) is 4.35. The van der Waals surface area contributed by atoms with Crippen molar-refractivity contribution in [1.82, 2.24) is 4.90 Å². The van der Waals surface area contributed by atoms with Crippen LogP contribution in [0.25, 0.3) is 0 Å². The number of carbonyl (C=O) groups excluding carboxylic acids is 1. The molecule has 0 atom stereocenters. The van der Waals surface area contributed by atoms with E-state index < -0.39 is 0 Å². The zero-order valence-electron chi connectivity index (χ0n) is 9.75. The van der Waals surface area contributed by atoms with Gasteiger partial charge in [0.2, 0.25) is 0 Å². The van der Waals surface area contributed by atoms with Crippen molar-refractivity contribution in [3.8, 4) is 0 Å². The van der Waals surface area contributed by atoms with Gasteiger partial charge in [0.05, 0.1) is 0 Å². The molecule has 1 fully saturated rings. The van der Waals surface area contributed by atoms with Crippen LogP contribution in [0.2, 0.25) is 0 Å². The van der Waals surface area contributed by atoms with Crippen molar-refractivity contribution in [3.05, 3.63) is 6.54 Å². The van der Waals surface area contributed by atoms with Crippen molar-refractivity contribution in [1.29, 1.82) is 0 Å². The van der Waals surface area contributed by atoms with Crippen molar-refractivity contribution in [3.63, 3.8) is 0 Å². The van der Waals surface area contributed by atoms with Crippen molar-refractivity contribution < 1.29 is 41.4 Å². The number of likely N-dealkylation sites (tertiary alicyclic amines) is 1. The molecule has 1 rings (SSSR count).